The number of para-hydroxylation sites is 1. The normalized spacial score (nSPS) is 12.0. The second kappa shape index (κ2) is 7.27. The van der Waals surface area contributed by atoms with Crippen molar-refractivity contribution in [3.05, 3.63) is 53.6 Å². The highest BCUT2D eigenvalue weighted by atomic mass is 19.4. The van der Waals surface area contributed by atoms with Gasteiger partial charge in [0.05, 0.1) is 5.56 Å². The van der Waals surface area contributed by atoms with Crippen molar-refractivity contribution in [2.24, 2.45) is 0 Å². The van der Waals surface area contributed by atoms with Crippen LogP contribution in [0.4, 0.5) is 26.3 Å². The molecule has 0 radical (unpaired) electrons. The van der Waals surface area contributed by atoms with Gasteiger partial charge in [0.2, 0.25) is 0 Å². The molecule has 0 saturated carbocycles. The molecule has 0 aliphatic carbocycles. The van der Waals surface area contributed by atoms with Crippen molar-refractivity contribution < 1.29 is 40.6 Å². The van der Waals surface area contributed by atoms with Gasteiger partial charge in [-0.05, 0) is 29.7 Å². The van der Waals surface area contributed by atoms with Crippen LogP contribution in [0, 0.1) is 0 Å². The van der Waals surface area contributed by atoms with Crippen LogP contribution in [0.1, 0.15) is 22.8 Å². The molecule has 0 amide bonds. The fourth-order valence-electron chi connectivity index (χ4n) is 2.47. The van der Waals surface area contributed by atoms with Crippen LogP contribution in [0.15, 0.2) is 42.5 Å². The number of halogens is 6. The summed E-state index contributed by atoms with van der Waals surface area (Å²) < 4.78 is 82.1. The fraction of sp³-hybridized carbons (Fsp3) is 0.235. The van der Waals surface area contributed by atoms with Gasteiger partial charge in [0, 0.05) is 5.56 Å². The molecule has 3 nitrogen and oxygen atoms in total. The minimum atomic E-state index is -5.17. The summed E-state index contributed by atoms with van der Waals surface area (Å²) >= 11 is 0. The van der Waals surface area contributed by atoms with Gasteiger partial charge < -0.3 is 9.47 Å². The van der Waals surface area contributed by atoms with E-state index in [1.54, 1.807) is 6.92 Å². The van der Waals surface area contributed by atoms with Crippen molar-refractivity contribution in [3.8, 4) is 16.9 Å². The molecule has 0 aromatic heterocycles. The van der Waals surface area contributed by atoms with Gasteiger partial charge in [0.15, 0.2) is 0 Å². The van der Waals surface area contributed by atoms with Crippen LogP contribution in [0.3, 0.4) is 0 Å². The molecule has 0 aliphatic heterocycles. The van der Waals surface area contributed by atoms with E-state index in [0.717, 1.165) is 12.1 Å². The third-order valence-electron chi connectivity index (χ3n) is 3.36. The molecule has 0 heterocycles. The zero-order chi connectivity index (χ0) is 19.5. The Balaban J connectivity index is 2.56. The van der Waals surface area contributed by atoms with Crippen LogP contribution < -0.4 is 4.74 Å². The van der Waals surface area contributed by atoms with Crippen LogP contribution in [-0.2, 0) is 11.2 Å². The molecule has 0 spiro atoms. The maximum atomic E-state index is 12.6. The molecular formula is C17H12F6O3. The van der Waals surface area contributed by atoms with Crippen molar-refractivity contribution in [2.75, 3.05) is 0 Å². The smallest absolute Gasteiger partial charge is 0.405 e. The third kappa shape index (κ3) is 4.90. The van der Waals surface area contributed by atoms with Gasteiger partial charge in [0.1, 0.15) is 5.75 Å². The number of esters is 1. The lowest BCUT2D eigenvalue weighted by Crippen LogP contribution is -2.20. The largest absolute Gasteiger partial charge is 0.575 e. The van der Waals surface area contributed by atoms with Crippen LogP contribution in [0.5, 0.6) is 5.75 Å². The molecule has 26 heavy (non-hydrogen) atoms. The van der Waals surface area contributed by atoms with E-state index in [2.05, 4.69) is 9.47 Å². The van der Waals surface area contributed by atoms with Crippen LogP contribution in [0.2, 0.25) is 0 Å². The van der Waals surface area contributed by atoms with Gasteiger partial charge in [-0.3, -0.25) is 0 Å². The van der Waals surface area contributed by atoms with E-state index in [0.29, 0.717) is 0 Å². The zero-order valence-corrected chi connectivity index (χ0v) is 13.2. The standard InChI is InChI=1S/C17H12F6O3/c1-2-10-11(7-5-8-13(10)15(24)26-17(21,22)23)12-6-3-4-9-14(12)25-16(18,19)20/h3-9H,2H2,1H3. The SMILES string of the molecule is CCc1c(C(=O)OC(F)(F)F)cccc1-c1ccccc1OC(F)(F)F. The maximum absolute atomic E-state index is 12.6. The first-order valence-electron chi connectivity index (χ1n) is 7.29. The van der Waals surface area contributed by atoms with Crippen LogP contribution >= 0.6 is 0 Å². The summed E-state index contributed by atoms with van der Waals surface area (Å²) in [5.41, 5.74) is -0.142. The van der Waals surface area contributed by atoms with Gasteiger partial charge in [-0.2, -0.15) is 0 Å². The molecule has 2 rings (SSSR count). The highest BCUT2D eigenvalue weighted by molar-refractivity contribution is 5.94. The molecule has 0 unspecified atom stereocenters. The highest BCUT2D eigenvalue weighted by Gasteiger charge is 2.36. The van der Waals surface area contributed by atoms with Crippen molar-refractivity contribution >= 4 is 5.97 Å². The Morgan fingerprint density at radius 3 is 2.08 bits per heavy atom. The molecule has 0 aliphatic rings. The molecule has 2 aromatic carbocycles. The van der Waals surface area contributed by atoms with E-state index in [-0.39, 0.29) is 28.7 Å². The van der Waals surface area contributed by atoms with Crippen molar-refractivity contribution in [3.63, 3.8) is 0 Å². The summed E-state index contributed by atoms with van der Waals surface area (Å²) in [6.45, 7) is 1.55. The average molecular weight is 378 g/mol. The molecule has 9 heteroatoms. The Morgan fingerprint density at radius 1 is 0.885 bits per heavy atom. The Labute approximate surface area is 144 Å². The second-order valence-electron chi connectivity index (χ2n) is 5.06. The number of hydrogen-bond donors (Lipinski definition) is 0. The summed E-state index contributed by atoms with van der Waals surface area (Å²) in [7, 11) is 0. The van der Waals surface area contributed by atoms with Crippen LogP contribution in [0.25, 0.3) is 11.1 Å². The van der Waals surface area contributed by atoms with Gasteiger partial charge in [-0.1, -0.05) is 37.3 Å². The van der Waals surface area contributed by atoms with E-state index in [4.69, 9.17) is 0 Å². The fourth-order valence-corrected chi connectivity index (χ4v) is 2.47. The minimum absolute atomic E-state index is 0.0108. The van der Waals surface area contributed by atoms with Crippen molar-refractivity contribution in [1.29, 1.82) is 0 Å². The lowest BCUT2D eigenvalue weighted by Gasteiger charge is -2.17. The molecule has 0 atom stereocenters. The monoisotopic (exact) mass is 378 g/mol. The topological polar surface area (TPSA) is 35.5 Å². The number of rotatable bonds is 4. The van der Waals surface area contributed by atoms with Gasteiger partial charge >= 0.3 is 18.7 Å². The summed E-state index contributed by atoms with van der Waals surface area (Å²) in [6, 6.07) is 8.91. The highest BCUT2D eigenvalue weighted by Crippen LogP contribution is 2.37. The van der Waals surface area contributed by atoms with E-state index < -0.39 is 24.4 Å². The molecule has 140 valence electrons. The minimum Gasteiger partial charge on any atom is -0.405 e. The Bertz CT molecular complexity index is 796. The first-order valence-corrected chi connectivity index (χ1v) is 7.29. The third-order valence-corrected chi connectivity index (χ3v) is 3.36. The van der Waals surface area contributed by atoms with Gasteiger partial charge in [-0.25, -0.2) is 4.79 Å². The molecule has 0 saturated heterocycles. The van der Waals surface area contributed by atoms with Crippen LogP contribution in [-0.4, -0.2) is 18.7 Å². The molecule has 2 aromatic rings. The number of carbonyl (C=O) groups is 1. The molecular weight excluding hydrogens is 366 g/mol. The first kappa shape index (κ1) is 19.6. The van der Waals surface area contributed by atoms with E-state index in [1.807, 2.05) is 0 Å². The first-order chi connectivity index (χ1) is 12.0. The Kier molecular flexibility index (Phi) is 5.48. The maximum Gasteiger partial charge on any atom is 0.575 e. The molecule has 0 N–H and O–H groups in total. The number of benzene rings is 2. The average Bonchev–Trinajstić information content (AvgIpc) is 2.51. The van der Waals surface area contributed by atoms with Gasteiger partial charge in [-0.15, -0.1) is 26.3 Å². The molecule has 0 fully saturated rings. The second-order valence-corrected chi connectivity index (χ2v) is 5.06. The molecule has 0 bridgehead atoms. The van der Waals surface area contributed by atoms with E-state index in [1.165, 1.54) is 30.3 Å². The predicted octanol–water partition coefficient (Wildman–Crippen LogP) is 5.49. The summed E-state index contributed by atoms with van der Waals surface area (Å²) in [6.07, 6.45) is -10.0. The predicted molar refractivity (Wildman–Crippen MR) is 79.4 cm³/mol. The Morgan fingerprint density at radius 2 is 1.50 bits per heavy atom. The zero-order valence-electron chi connectivity index (χ0n) is 13.2. The van der Waals surface area contributed by atoms with E-state index in [9.17, 15) is 31.1 Å². The number of hydrogen-bond acceptors (Lipinski definition) is 3. The lowest BCUT2D eigenvalue weighted by atomic mass is 9.93. The van der Waals surface area contributed by atoms with E-state index >= 15 is 0 Å². The summed E-state index contributed by atoms with van der Waals surface area (Å²) in [4.78, 5) is 11.8. The summed E-state index contributed by atoms with van der Waals surface area (Å²) in [5, 5.41) is 0. The van der Waals surface area contributed by atoms with Crippen molar-refractivity contribution in [1.82, 2.24) is 0 Å². The lowest BCUT2D eigenvalue weighted by molar-refractivity contribution is -0.291. The van der Waals surface area contributed by atoms with Crippen molar-refractivity contribution in [2.45, 2.75) is 26.1 Å². The van der Waals surface area contributed by atoms with Gasteiger partial charge in [0.25, 0.3) is 0 Å². The Hall–Kier alpha value is -2.71. The quantitative estimate of drug-likeness (QED) is 0.521. The number of alkyl halides is 6. The summed E-state index contributed by atoms with van der Waals surface area (Å²) in [5.74, 6) is -2.17. The number of ether oxygens (including phenoxy) is 2. The number of carbonyl (C=O) groups excluding carboxylic acids is 1.